The average Bonchev–Trinajstić information content (AvgIpc) is 2.51. The van der Waals surface area contributed by atoms with E-state index in [1.165, 1.54) is 0 Å². The van der Waals surface area contributed by atoms with Crippen molar-refractivity contribution in [3.05, 3.63) is 29.1 Å². The molecule has 0 saturated carbocycles. The molecule has 8 heteroatoms. The summed E-state index contributed by atoms with van der Waals surface area (Å²) in [6, 6.07) is 0. The van der Waals surface area contributed by atoms with Gasteiger partial charge >= 0.3 is 5.97 Å². The fraction of sp³-hybridized carbons (Fsp3) is 0.400. The van der Waals surface area contributed by atoms with E-state index in [1.54, 1.807) is 0 Å². The average molecular weight is 336 g/mol. The van der Waals surface area contributed by atoms with Crippen LogP contribution in [0, 0.1) is 40.9 Å². The van der Waals surface area contributed by atoms with Gasteiger partial charge in [-0.1, -0.05) is 18.3 Å². The highest BCUT2D eigenvalue weighted by Gasteiger charge is 2.41. The number of carbonyl (C=O) groups is 1. The lowest BCUT2D eigenvalue weighted by Gasteiger charge is -2.19. The molecule has 0 heterocycles. The van der Waals surface area contributed by atoms with Crippen LogP contribution in [0.2, 0.25) is 0 Å². The van der Waals surface area contributed by atoms with Gasteiger partial charge in [0.15, 0.2) is 0 Å². The van der Waals surface area contributed by atoms with E-state index in [-0.39, 0.29) is 6.42 Å². The molecule has 1 atom stereocenters. The Hall–Kier alpha value is -2.17. The number of hydrogen-bond acceptors (Lipinski definition) is 2. The van der Waals surface area contributed by atoms with Crippen molar-refractivity contribution in [2.45, 2.75) is 37.8 Å². The minimum Gasteiger partial charge on any atom is -0.417 e. The Morgan fingerprint density at radius 3 is 2.09 bits per heavy atom. The highest BCUT2D eigenvalue weighted by Crippen LogP contribution is 2.31. The Kier molecular flexibility index (Phi) is 4.88. The lowest BCUT2D eigenvalue weighted by atomic mass is 9.95. The second-order valence-electron chi connectivity index (χ2n) is 4.95. The van der Waals surface area contributed by atoms with Crippen molar-refractivity contribution in [3.8, 4) is 17.6 Å². The number of alkyl halides is 1. The molecule has 0 bridgehead atoms. The molecule has 23 heavy (non-hydrogen) atoms. The van der Waals surface area contributed by atoms with Crippen molar-refractivity contribution < 1.29 is 35.9 Å². The van der Waals surface area contributed by atoms with Crippen LogP contribution < -0.4 is 4.74 Å². The van der Waals surface area contributed by atoms with Crippen LogP contribution in [0.15, 0.2) is 0 Å². The smallest absolute Gasteiger partial charge is 0.362 e. The van der Waals surface area contributed by atoms with Gasteiger partial charge in [-0.3, -0.25) is 0 Å². The van der Waals surface area contributed by atoms with Crippen LogP contribution >= 0.6 is 0 Å². The molecular weight excluding hydrogens is 326 g/mol. The second-order valence-corrected chi connectivity index (χ2v) is 4.95. The fourth-order valence-corrected chi connectivity index (χ4v) is 2.02. The Morgan fingerprint density at radius 1 is 0.913 bits per heavy atom. The number of benzene rings is 1. The summed E-state index contributed by atoms with van der Waals surface area (Å²) in [4.78, 5) is 11.8. The first-order valence-electron chi connectivity index (χ1n) is 6.70. The van der Waals surface area contributed by atoms with Gasteiger partial charge in [-0.25, -0.2) is 22.4 Å². The topological polar surface area (TPSA) is 26.3 Å². The van der Waals surface area contributed by atoms with E-state index in [1.807, 2.05) is 5.92 Å². The van der Waals surface area contributed by atoms with E-state index in [0.717, 1.165) is 0 Å². The summed E-state index contributed by atoms with van der Waals surface area (Å²) in [5.41, 5.74) is -2.86. The molecule has 2 rings (SSSR count). The van der Waals surface area contributed by atoms with Gasteiger partial charge in [-0.05, 0) is 12.8 Å². The third-order valence-corrected chi connectivity index (χ3v) is 3.30. The molecule has 0 unspecified atom stereocenters. The molecule has 1 aliphatic carbocycles. The number of hydrogen-bond donors (Lipinski definition) is 0. The first kappa shape index (κ1) is 17.2. The van der Waals surface area contributed by atoms with Crippen LogP contribution in [-0.2, 0) is 4.79 Å². The van der Waals surface area contributed by atoms with Crippen LogP contribution in [-0.4, -0.2) is 11.6 Å². The molecule has 0 fully saturated rings. The van der Waals surface area contributed by atoms with Gasteiger partial charge < -0.3 is 4.74 Å². The molecule has 0 N–H and O–H groups in total. The molecule has 0 saturated heterocycles. The summed E-state index contributed by atoms with van der Waals surface area (Å²) in [7, 11) is 0. The lowest BCUT2D eigenvalue weighted by Crippen LogP contribution is -2.37. The zero-order valence-corrected chi connectivity index (χ0v) is 11.6. The van der Waals surface area contributed by atoms with E-state index >= 15 is 0 Å². The highest BCUT2D eigenvalue weighted by atomic mass is 19.2. The predicted molar refractivity (Wildman–Crippen MR) is 66.6 cm³/mol. The van der Waals surface area contributed by atoms with Gasteiger partial charge in [0.2, 0.25) is 34.8 Å². The van der Waals surface area contributed by atoms with Gasteiger partial charge in [-0.15, -0.1) is 0 Å². The summed E-state index contributed by atoms with van der Waals surface area (Å²) >= 11 is 0. The predicted octanol–water partition coefficient (Wildman–Crippen LogP) is 3.96. The SMILES string of the molecule is O=C(Oc1c(F)c(F)c(F)c(F)c1F)[C@]1(F)C#CCCCCC1. The van der Waals surface area contributed by atoms with Crippen LogP contribution in [0.4, 0.5) is 26.3 Å². The van der Waals surface area contributed by atoms with E-state index in [9.17, 15) is 31.1 Å². The molecule has 0 amide bonds. The van der Waals surface area contributed by atoms with Crippen molar-refractivity contribution in [1.29, 1.82) is 0 Å². The maximum absolute atomic E-state index is 14.5. The maximum atomic E-state index is 14.5. The number of esters is 1. The molecule has 1 aromatic carbocycles. The van der Waals surface area contributed by atoms with Gasteiger partial charge in [0.25, 0.3) is 5.67 Å². The van der Waals surface area contributed by atoms with Gasteiger partial charge in [0.1, 0.15) is 0 Å². The Morgan fingerprint density at radius 2 is 1.48 bits per heavy atom. The molecular formula is C15H10F6O2. The molecule has 0 radical (unpaired) electrons. The van der Waals surface area contributed by atoms with E-state index in [4.69, 9.17) is 0 Å². The van der Waals surface area contributed by atoms with Crippen LogP contribution in [0.25, 0.3) is 0 Å². The largest absolute Gasteiger partial charge is 0.417 e. The standard InChI is InChI=1S/C15H10F6O2/c16-8-9(17)11(19)13(12(20)10(8)18)23-14(22)15(21)6-4-2-1-3-5-7-15/h1-4,6H2/t15-/m1/s1. The van der Waals surface area contributed by atoms with Gasteiger partial charge in [-0.2, -0.15) is 8.78 Å². The van der Waals surface area contributed by atoms with Crippen molar-refractivity contribution in [2.75, 3.05) is 0 Å². The maximum Gasteiger partial charge on any atom is 0.362 e. The number of ether oxygens (including phenoxy) is 1. The van der Waals surface area contributed by atoms with E-state index < -0.39 is 52.9 Å². The van der Waals surface area contributed by atoms with Crippen LogP contribution in [0.5, 0.6) is 5.75 Å². The zero-order valence-electron chi connectivity index (χ0n) is 11.6. The van der Waals surface area contributed by atoms with Crippen molar-refractivity contribution in [2.24, 2.45) is 0 Å². The molecule has 124 valence electrons. The summed E-state index contributed by atoms with van der Waals surface area (Å²) in [6.07, 6.45) is 1.47. The summed E-state index contributed by atoms with van der Waals surface area (Å²) < 4.78 is 84.5. The van der Waals surface area contributed by atoms with E-state index in [0.29, 0.717) is 19.3 Å². The van der Waals surface area contributed by atoms with E-state index in [2.05, 4.69) is 10.7 Å². The monoisotopic (exact) mass is 336 g/mol. The normalized spacial score (nSPS) is 21.0. The minimum atomic E-state index is -2.86. The van der Waals surface area contributed by atoms with Crippen molar-refractivity contribution >= 4 is 5.97 Å². The van der Waals surface area contributed by atoms with Gasteiger partial charge in [0.05, 0.1) is 0 Å². The third-order valence-electron chi connectivity index (χ3n) is 3.30. The first-order valence-corrected chi connectivity index (χ1v) is 6.70. The van der Waals surface area contributed by atoms with Crippen LogP contribution in [0.3, 0.4) is 0 Å². The molecule has 0 spiro atoms. The minimum absolute atomic E-state index is 0.261. The molecule has 0 aliphatic heterocycles. The first-order chi connectivity index (χ1) is 10.8. The molecule has 2 nitrogen and oxygen atoms in total. The fourth-order valence-electron chi connectivity index (χ4n) is 2.02. The second kappa shape index (κ2) is 6.52. The Labute approximate surface area is 127 Å². The third kappa shape index (κ3) is 3.28. The molecule has 0 aromatic heterocycles. The lowest BCUT2D eigenvalue weighted by molar-refractivity contribution is -0.145. The molecule has 1 aromatic rings. The summed E-state index contributed by atoms with van der Waals surface area (Å²) in [5.74, 6) is -10.9. The van der Waals surface area contributed by atoms with Gasteiger partial charge in [0, 0.05) is 12.8 Å². The summed E-state index contributed by atoms with van der Waals surface area (Å²) in [6.45, 7) is 0. The van der Waals surface area contributed by atoms with Crippen molar-refractivity contribution in [3.63, 3.8) is 0 Å². The molecule has 1 aliphatic rings. The number of rotatable bonds is 2. The zero-order chi connectivity index (χ0) is 17.2. The number of halogens is 6. The van der Waals surface area contributed by atoms with Crippen LogP contribution in [0.1, 0.15) is 32.1 Å². The summed E-state index contributed by atoms with van der Waals surface area (Å²) in [5, 5.41) is 0. The quantitative estimate of drug-likeness (QED) is 0.204. The number of carbonyl (C=O) groups excluding carboxylic acids is 1. The Balaban J connectivity index is 2.37. The Bertz CT molecular complexity index is 677. The highest BCUT2D eigenvalue weighted by molar-refractivity contribution is 5.85. The van der Waals surface area contributed by atoms with Crippen molar-refractivity contribution in [1.82, 2.24) is 0 Å².